The van der Waals surface area contributed by atoms with Gasteiger partial charge >= 0.3 is 5.97 Å². The molecule has 15 heavy (non-hydrogen) atoms. The Kier molecular flexibility index (Phi) is 2.18. The zero-order chi connectivity index (χ0) is 10.9. The third-order valence-corrected chi connectivity index (χ3v) is 2.59. The maximum Gasteiger partial charge on any atom is 0.311 e. The van der Waals surface area contributed by atoms with Crippen molar-refractivity contribution in [3.63, 3.8) is 0 Å². The molecule has 0 spiro atoms. The van der Waals surface area contributed by atoms with E-state index >= 15 is 0 Å². The van der Waals surface area contributed by atoms with Crippen molar-refractivity contribution in [3.8, 4) is 0 Å². The first kappa shape index (κ1) is 9.70. The van der Waals surface area contributed by atoms with E-state index in [0.29, 0.717) is 25.2 Å². The number of carboxylic acids is 1. The van der Waals surface area contributed by atoms with Crippen LogP contribution in [-0.4, -0.2) is 27.6 Å². The Balaban J connectivity index is 1.99. The number of H-pyrrole nitrogens is 1. The smallest absolute Gasteiger partial charge is 0.311 e. The summed E-state index contributed by atoms with van der Waals surface area (Å²) in [4.78, 5) is 28.0. The van der Waals surface area contributed by atoms with Gasteiger partial charge in [-0.3, -0.25) is 9.59 Å². The van der Waals surface area contributed by atoms with E-state index in [0.717, 1.165) is 0 Å². The van der Waals surface area contributed by atoms with E-state index in [9.17, 15) is 9.59 Å². The van der Waals surface area contributed by atoms with Crippen molar-refractivity contribution in [1.82, 2.24) is 9.97 Å². The number of nitrogens with zero attached hydrogens (tertiary/aromatic N) is 1. The number of hydrogen-bond donors (Lipinski definition) is 3. The van der Waals surface area contributed by atoms with Gasteiger partial charge in [0.1, 0.15) is 5.82 Å². The number of carboxylic acid groups (broad SMARTS) is 1. The lowest BCUT2D eigenvalue weighted by Gasteiger charge is -2.10. The lowest BCUT2D eigenvalue weighted by atomic mass is 10.1. The Hall–Kier alpha value is -1.85. The molecule has 1 aliphatic rings. The van der Waals surface area contributed by atoms with Gasteiger partial charge in [-0.1, -0.05) is 0 Å². The van der Waals surface area contributed by atoms with Crippen molar-refractivity contribution in [2.24, 2.45) is 5.41 Å². The molecule has 1 fully saturated rings. The SMILES string of the molecule is O=C(O)C1(CNc2cc(=O)[nH]cn2)CC1. The lowest BCUT2D eigenvalue weighted by molar-refractivity contribution is -0.142. The molecule has 6 nitrogen and oxygen atoms in total. The van der Waals surface area contributed by atoms with Gasteiger partial charge in [-0.25, -0.2) is 4.98 Å². The predicted octanol–water partition coefficient (Wildman–Crippen LogP) is 0.0466. The number of aromatic amines is 1. The summed E-state index contributed by atoms with van der Waals surface area (Å²) in [6, 6.07) is 1.30. The fourth-order valence-corrected chi connectivity index (χ4v) is 1.34. The van der Waals surface area contributed by atoms with Crippen LogP contribution in [-0.2, 0) is 4.79 Å². The molecule has 2 rings (SSSR count). The number of aliphatic carboxylic acids is 1. The molecule has 0 bridgehead atoms. The fraction of sp³-hybridized carbons (Fsp3) is 0.444. The average molecular weight is 209 g/mol. The van der Waals surface area contributed by atoms with Gasteiger partial charge in [-0.05, 0) is 12.8 Å². The Labute approximate surface area is 85.4 Å². The summed E-state index contributed by atoms with van der Waals surface area (Å²) in [5.41, 5.74) is -0.905. The monoisotopic (exact) mass is 209 g/mol. The van der Waals surface area contributed by atoms with Gasteiger partial charge < -0.3 is 15.4 Å². The molecule has 0 aliphatic heterocycles. The summed E-state index contributed by atoms with van der Waals surface area (Å²) in [7, 11) is 0. The minimum absolute atomic E-state index is 0.257. The first-order valence-corrected chi connectivity index (χ1v) is 4.64. The molecule has 0 radical (unpaired) electrons. The molecule has 0 amide bonds. The number of aromatic nitrogens is 2. The van der Waals surface area contributed by atoms with E-state index in [1.54, 1.807) is 0 Å². The molecule has 1 aromatic heterocycles. The summed E-state index contributed by atoms with van der Waals surface area (Å²) in [6.45, 7) is 0.318. The lowest BCUT2D eigenvalue weighted by Crippen LogP contribution is -2.25. The zero-order valence-corrected chi connectivity index (χ0v) is 7.99. The van der Waals surface area contributed by atoms with Crippen LogP contribution in [0.15, 0.2) is 17.2 Å². The summed E-state index contributed by atoms with van der Waals surface area (Å²) >= 11 is 0. The minimum Gasteiger partial charge on any atom is -0.481 e. The average Bonchev–Trinajstić information content (AvgIpc) is 2.96. The second-order valence-electron chi connectivity index (χ2n) is 3.74. The summed E-state index contributed by atoms with van der Waals surface area (Å²) in [6.07, 6.45) is 2.64. The molecule has 3 N–H and O–H groups in total. The molecule has 0 saturated heterocycles. The van der Waals surface area contributed by atoms with Crippen molar-refractivity contribution in [2.75, 3.05) is 11.9 Å². The highest BCUT2D eigenvalue weighted by Gasteiger charge is 2.50. The van der Waals surface area contributed by atoms with Crippen LogP contribution in [0.2, 0.25) is 0 Å². The van der Waals surface area contributed by atoms with Crippen molar-refractivity contribution in [1.29, 1.82) is 0 Å². The largest absolute Gasteiger partial charge is 0.481 e. The molecular formula is C9H11N3O3. The maximum absolute atomic E-state index is 10.9. The van der Waals surface area contributed by atoms with E-state index in [-0.39, 0.29) is 5.56 Å². The van der Waals surface area contributed by atoms with Crippen LogP contribution >= 0.6 is 0 Å². The number of nitrogens with one attached hydrogen (secondary N) is 2. The Morgan fingerprint density at radius 3 is 2.93 bits per heavy atom. The van der Waals surface area contributed by atoms with Gasteiger partial charge in [0.2, 0.25) is 0 Å². The van der Waals surface area contributed by atoms with Gasteiger partial charge in [-0.2, -0.15) is 0 Å². The second kappa shape index (κ2) is 3.38. The van der Waals surface area contributed by atoms with Crippen molar-refractivity contribution >= 4 is 11.8 Å². The predicted molar refractivity (Wildman–Crippen MR) is 52.7 cm³/mol. The first-order valence-electron chi connectivity index (χ1n) is 4.64. The summed E-state index contributed by atoms with van der Waals surface area (Å²) in [5, 5.41) is 11.8. The molecule has 0 aromatic carbocycles. The van der Waals surface area contributed by atoms with Crippen molar-refractivity contribution in [3.05, 3.63) is 22.7 Å². The third kappa shape index (κ3) is 1.98. The Morgan fingerprint density at radius 1 is 1.67 bits per heavy atom. The van der Waals surface area contributed by atoms with E-state index < -0.39 is 11.4 Å². The zero-order valence-electron chi connectivity index (χ0n) is 7.99. The molecule has 0 unspecified atom stereocenters. The highest BCUT2D eigenvalue weighted by Crippen LogP contribution is 2.45. The summed E-state index contributed by atoms with van der Waals surface area (Å²) in [5.74, 6) is -0.383. The highest BCUT2D eigenvalue weighted by atomic mass is 16.4. The fourth-order valence-electron chi connectivity index (χ4n) is 1.34. The van der Waals surface area contributed by atoms with E-state index in [1.807, 2.05) is 0 Å². The third-order valence-electron chi connectivity index (χ3n) is 2.59. The molecule has 6 heteroatoms. The highest BCUT2D eigenvalue weighted by molar-refractivity contribution is 5.78. The first-order chi connectivity index (χ1) is 7.12. The standard InChI is InChI=1S/C9H11N3O3/c13-7-3-6(11-5-12-7)10-4-9(1-2-9)8(14)15/h3,5H,1-2,4H2,(H,14,15)(H2,10,11,12,13). The number of carbonyl (C=O) groups is 1. The van der Waals surface area contributed by atoms with Crippen molar-refractivity contribution in [2.45, 2.75) is 12.8 Å². The van der Waals surface area contributed by atoms with Crippen LogP contribution in [0, 0.1) is 5.41 Å². The molecule has 1 heterocycles. The molecule has 0 atom stereocenters. The van der Waals surface area contributed by atoms with Gasteiger partial charge in [0.05, 0.1) is 11.7 Å². The van der Waals surface area contributed by atoms with Crippen LogP contribution in [0.1, 0.15) is 12.8 Å². The molecular weight excluding hydrogens is 198 g/mol. The van der Waals surface area contributed by atoms with E-state index in [1.165, 1.54) is 12.4 Å². The normalized spacial score (nSPS) is 17.1. The van der Waals surface area contributed by atoms with Crippen molar-refractivity contribution < 1.29 is 9.90 Å². The van der Waals surface area contributed by atoms with E-state index in [4.69, 9.17) is 5.11 Å². The Bertz CT molecular complexity index is 436. The number of anilines is 1. The van der Waals surface area contributed by atoms with Gasteiger partial charge in [0.15, 0.2) is 0 Å². The van der Waals surface area contributed by atoms with Gasteiger partial charge in [-0.15, -0.1) is 0 Å². The van der Waals surface area contributed by atoms with Crippen LogP contribution in [0.25, 0.3) is 0 Å². The number of rotatable bonds is 4. The summed E-state index contributed by atoms with van der Waals surface area (Å²) < 4.78 is 0. The van der Waals surface area contributed by atoms with Crippen LogP contribution in [0.4, 0.5) is 5.82 Å². The van der Waals surface area contributed by atoms with Gasteiger partial charge in [0.25, 0.3) is 5.56 Å². The second-order valence-corrected chi connectivity index (χ2v) is 3.74. The molecule has 80 valence electrons. The topological polar surface area (TPSA) is 95.1 Å². The minimum atomic E-state index is -0.792. The van der Waals surface area contributed by atoms with Gasteiger partial charge in [0, 0.05) is 12.6 Å². The maximum atomic E-state index is 10.9. The van der Waals surface area contributed by atoms with Crippen LogP contribution in [0.5, 0.6) is 0 Å². The van der Waals surface area contributed by atoms with Crippen LogP contribution in [0.3, 0.4) is 0 Å². The molecule has 1 aliphatic carbocycles. The van der Waals surface area contributed by atoms with E-state index in [2.05, 4.69) is 15.3 Å². The Morgan fingerprint density at radius 2 is 2.40 bits per heavy atom. The molecule has 1 aromatic rings. The quantitative estimate of drug-likeness (QED) is 0.651. The molecule has 1 saturated carbocycles. The van der Waals surface area contributed by atoms with Crippen LogP contribution < -0.4 is 10.9 Å². The number of hydrogen-bond acceptors (Lipinski definition) is 4.